The zero-order chi connectivity index (χ0) is 17.3. The molecular formula is C20H27NO4. The van der Waals surface area contributed by atoms with Gasteiger partial charge in [0.1, 0.15) is 6.23 Å². The molecule has 2 spiro atoms. The molecule has 5 nitrogen and oxygen atoms in total. The maximum Gasteiger partial charge on any atom is 0.113 e. The molecule has 1 unspecified atom stereocenters. The molecule has 6 aliphatic carbocycles. The molecule has 136 valence electrons. The molecule has 3 heterocycles. The van der Waals surface area contributed by atoms with Crippen molar-refractivity contribution in [1.82, 2.24) is 4.90 Å². The standard InChI is InChI=1S/C20H27NO4/c1-7-8-6-9-14-19-5-3-4-18(2)12(19)10(21(14)17(18)25)16(24)20(9,15(7)23)13(19)11(8)22/h8-17,22-25H,1,3-6H2,2H3/t8-,9-,10-,11-,12-,13+,14-,15-,16-,17-,18+,19+,20+/m1/s1. The van der Waals surface area contributed by atoms with Crippen molar-refractivity contribution in [3.05, 3.63) is 12.2 Å². The van der Waals surface area contributed by atoms with Gasteiger partial charge in [-0.25, -0.2) is 0 Å². The van der Waals surface area contributed by atoms with Crippen LogP contribution in [0.25, 0.3) is 0 Å². The van der Waals surface area contributed by atoms with Gasteiger partial charge in [0.2, 0.25) is 0 Å². The first-order valence-corrected chi connectivity index (χ1v) is 10.0. The van der Waals surface area contributed by atoms with Crippen LogP contribution in [0.3, 0.4) is 0 Å². The molecule has 9 fully saturated rings. The van der Waals surface area contributed by atoms with E-state index in [1.807, 2.05) is 0 Å². The first-order chi connectivity index (χ1) is 11.8. The van der Waals surface area contributed by atoms with Crippen LogP contribution < -0.4 is 0 Å². The second kappa shape index (κ2) is 3.61. The lowest BCUT2D eigenvalue weighted by molar-refractivity contribution is -0.260. The van der Waals surface area contributed by atoms with Gasteiger partial charge in [-0.3, -0.25) is 4.90 Å². The van der Waals surface area contributed by atoms with Crippen LogP contribution in [0, 0.1) is 39.9 Å². The molecule has 3 aliphatic heterocycles. The fourth-order valence-corrected chi connectivity index (χ4v) is 10.5. The zero-order valence-electron chi connectivity index (χ0n) is 14.5. The van der Waals surface area contributed by atoms with Crippen molar-refractivity contribution in [2.45, 2.75) is 69.2 Å². The first-order valence-electron chi connectivity index (χ1n) is 10.0. The minimum atomic E-state index is -0.712. The van der Waals surface area contributed by atoms with Crippen molar-refractivity contribution in [1.29, 1.82) is 0 Å². The number of piperidine rings is 2. The number of nitrogens with zero attached hydrogens (tertiary/aromatic N) is 1. The van der Waals surface area contributed by atoms with E-state index in [2.05, 4.69) is 18.4 Å². The second-order valence-electron chi connectivity index (χ2n) is 10.5. The fourth-order valence-electron chi connectivity index (χ4n) is 10.5. The van der Waals surface area contributed by atoms with Gasteiger partial charge in [0.25, 0.3) is 0 Å². The van der Waals surface area contributed by atoms with Gasteiger partial charge in [0.15, 0.2) is 0 Å². The summed E-state index contributed by atoms with van der Waals surface area (Å²) in [6.45, 7) is 6.31. The van der Waals surface area contributed by atoms with E-state index in [1.165, 1.54) is 0 Å². The Kier molecular flexibility index (Phi) is 2.11. The summed E-state index contributed by atoms with van der Waals surface area (Å²) in [5.41, 5.74) is -0.147. The predicted octanol–water partition coefficient (Wildman–Crippen LogP) is 0.0824. The third kappa shape index (κ3) is 0.981. The topological polar surface area (TPSA) is 84.2 Å². The molecule has 14 atom stereocenters. The minimum absolute atomic E-state index is 0.0450. The molecule has 4 N–H and O–H groups in total. The number of hydrogen-bond acceptors (Lipinski definition) is 5. The van der Waals surface area contributed by atoms with Gasteiger partial charge in [-0.1, -0.05) is 19.9 Å². The van der Waals surface area contributed by atoms with E-state index in [9.17, 15) is 20.4 Å². The molecule has 25 heavy (non-hydrogen) atoms. The maximum atomic E-state index is 11.6. The Hall–Kier alpha value is -0.460. The monoisotopic (exact) mass is 345 g/mol. The van der Waals surface area contributed by atoms with E-state index in [1.54, 1.807) is 0 Å². The molecule has 5 heteroatoms. The van der Waals surface area contributed by atoms with E-state index in [-0.39, 0.29) is 46.6 Å². The molecule has 9 aliphatic rings. The number of aliphatic hydroxyl groups is 4. The molecule has 6 saturated carbocycles. The third-order valence-corrected chi connectivity index (χ3v) is 10.6. The number of rotatable bonds is 0. The van der Waals surface area contributed by atoms with Crippen LogP contribution in [0.1, 0.15) is 32.6 Å². The summed E-state index contributed by atoms with van der Waals surface area (Å²) >= 11 is 0. The Morgan fingerprint density at radius 3 is 2.64 bits per heavy atom. The number of hydrogen-bond donors (Lipinski definition) is 4. The first kappa shape index (κ1) is 14.6. The summed E-state index contributed by atoms with van der Waals surface area (Å²) in [7, 11) is 0. The van der Waals surface area contributed by atoms with E-state index in [0.29, 0.717) is 0 Å². The summed E-state index contributed by atoms with van der Waals surface area (Å²) in [5.74, 6) is 0.294. The van der Waals surface area contributed by atoms with Gasteiger partial charge in [0.05, 0.1) is 18.3 Å². The van der Waals surface area contributed by atoms with E-state index in [4.69, 9.17) is 0 Å². The highest BCUT2D eigenvalue weighted by atomic mass is 16.3. The van der Waals surface area contributed by atoms with Crippen molar-refractivity contribution in [2.24, 2.45) is 39.9 Å². The molecular weight excluding hydrogens is 318 g/mol. The fraction of sp³-hybridized carbons (Fsp3) is 0.900. The highest BCUT2D eigenvalue weighted by molar-refractivity contribution is 5.46. The van der Waals surface area contributed by atoms with Gasteiger partial charge in [0, 0.05) is 34.7 Å². The van der Waals surface area contributed by atoms with Gasteiger partial charge < -0.3 is 20.4 Å². The lowest BCUT2D eigenvalue weighted by Crippen LogP contribution is -2.74. The van der Waals surface area contributed by atoms with E-state index >= 15 is 0 Å². The van der Waals surface area contributed by atoms with Crippen LogP contribution in [-0.2, 0) is 0 Å². The van der Waals surface area contributed by atoms with Crippen LogP contribution >= 0.6 is 0 Å². The predicted molar refractivity (Wildman–Crippen MR) is 88.0 cm³/mol. The molecule has 0 amide bonds. The molecule has 0 aromatic carbocycles. The van der Waals surface area contributed by atoms with Gasteiger partial charge in [-0.05, 0) is 42.1 Å². The Morgan fingerprint density at radius 1 is 1.12 bits per heavy atom. The van der Waals surface area contributed by atoms with Crippen molar-refractivity contribution in [3.63, 3.8) is 0 Å². The summed E-state index contributed by atoms with van der Waals surface area (Å²) in [4.78, 5) is 2.24. The summed E-state index contributed by atoms with van der Waals surface area (Å²) < 4.78 is 0. The average molecular weight is 345 g/mol. The Morgan fingerprint density at radius 2 is 1.88 bits per heavy atom. The lowest BCUT2D eigenvalue weighted by Gasteiger charge is -2.67. The third-order valence-electron chi connectivity index (χ3n) is 10.6. The van der Waals surface area contributed by atoms with Crippen molar-refractivity contribution in [3.8, 4) is 0 Å². The molecule has 3 saturated heterocycles. The maximum absolute atomic E-state index is 11.6. The van der Waals surface area contributed by atoms with Crippen molar-refractivity contribution in [2.75, 3.05) is 0 Å². The average Bonchev–Trinajstić information content (AvgIpc) is 3.03. The Bertz CT molecular complexity index is 741. The SMILES string of the molecule is C=C1[C@H]2C[C@@H]3[C@H]4N5[C@@H]6[C@@H]7[C@](C)(CCC[C@@]74[C@H]([C@@H]2O)[C@@]3([C@@H]1O)[C@@H]6O)[C@H]5O. The smallest absolute Gasteiger partial charge is 0.113 e. The Labute approximate surface area is 147 Å². The Balaban J connectivity index is 1.57. The van der Waals surface area contributed by atoms with Gasteiger partial charge in [-0.2, -0.15) is 0 Å². The number of aliphatic hydroxyl groups excluding tert-OH is 4. The molecule has 0 aromatic heterocycles. The van der Waals surface area contributed by atoms with Crippen LogP contribution in [-0.4, -0.2) is 61.9 Å². The highest BCUT2D eigenvalue weighted by Gasteiger charge is 2.93. The zero-order valence-corrected chi connectivity index (χ0v) is 14.5. The summed E-state index contributed by atoms with van der Waals surface area (Å²) in [6.07, 6.45) is 1.53. The van der Waals surface area contributed by atoms with Gasteiger partial charge in [-0.15, -0.1) is 0 Å². The largest absolute Gasteiger partial charge is 0.392 e. The normalized spacial score (nSPS) is 76.5. The lowest BCUT2D eigenvalue weighted by atomic mass is 9.38. The summed E-state index contributed by atoms with van der Waals surface area (Å²) in [5, 5.41) is 45.4. The second-order valence-corrected chi connectivity index (χ2v) is 10.5. The van der Waals surface area contributed by atoms with E-state index < -0.39 is 30.0 Å². The molecule has 0 radical (unpaired) electrons. The van der Waals surface area contributed by atoms with Crippen LogP contribution in [0.15, 0.2) is 12.2 Å². The van der Waals surface area contributed by atoms with Crippen molar-refractivity contribution < 1.29 is 20.4 Å². The molecule has 0 aromatic rings. The molecule has 9 bridgehead atoms. The highest BCUT2D eigenvalue weighted by Crippen LogP contribution is 2.87. The quantitative estimate of drug-likeness (QED) is 0.468. The van der Waals surface area contributed by atoms with Gasteiger partial charge >= 0.3 is 0 Å². The van der Waals surface area contributed by atoms with Crippen LogP contribution in [0.5, 0.6) is 0 Å². The molecule has 9 rings (SSSR count). The van der Waals surface area contributed by atoms with Crippen LogP contribution in [0.2, 0.25) is 0 Å². The van der Waals surface area contributed by atoms with E-state index in [0.717, 1.165) is 31.3 Å². The summed E-state index contributed by atoms with van der Waals surface area (Å²) in [6, 6.07) is 0.142. The van der Waals surface area contributed by atoms with Crippen molar-refractivity contribution >= 4 is 0 Å². The van der Waals surface area contributed by atoms with Crippen LogP contribution in [0.4, 0.5) is 0 Å². The minimum Gasteiger partial charge on any atom is -0.392 e. The number of fused-ring (bicyclic) bond motifs is 1.